The summed E-state index contributed by atoms with van der Waals surface area (Å²) in [6.07, 6.45) is 0.362. The predicted octanol–water partition coefficient (Wildman–Crippen LogP) is 1.88. The van der Waals surface area contributed by atoms with E-state index >= 15 is 0 Å². The molecule has 0 aliphatic carbocycles. The number of carbonyl (C=O) groups is 1. The monoisotopic (exact) mass is 276 g/mol. The second-order valence-corrected chi connectivity index (χ2v) is 5.15. The summed E-state index contributed by atoms with van der Waals surface area (Å²) < 4.78 is 3.67. The van der Waals surface area contributed by atoms with Crippen LogP contribution in [0, 0.1) is 0 Å². The van der Waals surface area contributed by atoms with Gasteiger partial charge in [0.2, 0.25) is 0 Å². The highest BCUT2D eigenvalue weighted by Gasteiger charge is 2.25. The van der Waals surface area contributed by atoms with E-state index in [1.54, 1.807) is 6.92 Å². The molecule has 0 aliphatic heterocycles. The van der Waals surface area contributed by atoms with Crippen molar-refractivity contribution in [3.8, 4) is 17.2 Å². The van der Waals surface area contributed by atoms with Crippen LogP contribution in [-0.4, -0.2) is 25.6 Å². The zero-order valence-electron chi connectivity index (χ0n) is 8.91. The number of ether oxygens (including phenoxy) is 1. The minimum Gasteiger partial charge on any atom is -0.504 e. The Labute approximate surface area is 109 Å². The molecule has 1 rings (SSSR count). The highest BCUT2D eigenvalue weighted by molar-refractivity contribution is 8.00. The number of phenolic OH excluding ortho intramolecular Hbond substituents is 3. The maximum Gasteiger partial charge on any atom is 0.340 e. The van der Waals surface area contributed by atoms with E-state index in [0.29, 0.717) is 6.42 Å². The quantitative estimate of drug-likeness (QED) is 0.252. The van der Waals surface area contributed by atoms with Gasteiger partial charge in [-0.1, -0.05) is 6.92 Å². The lowest BCUT2D eigenvalue weighted by atomic mass is 10.2. The molecule has 0 heterocycles. The average molecular weight is 276 g/mol. The molecule has 0 fully saturated rings. The molecule has 0 amide bonds. The Morgan fingerprint density at radius 3 is 2.18 bits per heavy atom. The van der Waals surface area contributed by atoms with Gasteiger partial charge in [-0.2, -0.15) is 0 Å². The van der Waals surface area contributed by atoms with Gasteiger partial charge in [0, 0.05) is 6.42 Å². The summed E-state index contributed by atoms with van der Waals surface area (Å²) in [6, 6.07) is 1.95. The van der Waals surface area contributed by atoms with Crippen LogP contribution in [0.3, 0.4) is 0 Å². The number of hydrogen-bond acceptors (Lipinski definition) is 7. The summed E-state index contributed by atoms with van der Waals surface area (Å²) in [4.78, 5) is 11.6. The van der Waals surface area contributed by atoms with Crippen LogP contribution < -0.4 is 0 Å². The van der Waals surface area contributed by atoms with Crippen molar-refractivity contribution in [2.75, 3.05) is 0 Å². The third-order valence-corrected chi connectivity index (χ3v) is 2.84. The molecule has 1 aromatic carbocycles. The zero-order valence-corrected chi connectivity index (χ0v) is 10.7. The third kappa shape index (κ3) is 3.37. The summed E-state index contributed by atoms with van der Waals surface area (Å²) >= 11 is 7.99. The molecule has 0 saturated heterocycles. The van der Waals surface area contributed by atoms with Gasteiger partial charge in [0.1, 0.15) is 0 Å². The van der Waals surface area contributed by atoms with Gasteiger partial charge in [-0.15, -0.1) is 25.3 Å². The van der Waals surface area contributed by atoms with Gasteiger partial charge in [0.25, 0.3) is 0 Å². The van der Waals surface area contributed by atoms with E-state index in [1.807, 2.05) is 0 Å². The predicted molar refractivity (Wildman–Crippen MR) is 67.8 cm³/mol. The van der Waals surface area contributed by atoms with Gasteiger partial charge in [-0.3, -0.25) is 0 Å². The number of rotatable bonds is 3. The first-order valence-electron chi connectivity index (χ1n) is 4.70. The van der Waals surface area contributed by atoms with E-state index in [-0.39, 0.29) is 5.56 Å². The first-order chi connectivity index (χ1) is 7.76. The topological polar surface area (TPSA) is 87.0 Å². The Balaban J connectivity index is 2.98. The lowest BCUT2D eigenvalue weighted by molar-refractivity contribution is 0.0404. The maximum atomic E-state index is 11.6. The van der Waals surface area contributed by atoms with E-state index in [0.717, 1.165) is 12.1 Å². The van der Waals surface area contributed by atoms with Crippen LogP contribution in [0.15, 0.2) is 12.1 Å². The normalized spacial score (nSPS) is 11.2. The van der Waals surface area contributed by atoms with Crippen molar-refractivity contribution in [1.29, 1.82) is 0 Å². The molecule has 0 aliphatic rings. The molecule has 0 saturated carbocycles. The van der Waals surface area contributed by atoms with Crippen LogP contribution in [0.4, 0.5) is 0 Å². The molecule has 7 heteroatoms. The van der Waals surface area contributed by atoms with Gasteiger partial charge in [-0.25, -0.2) is 4.79 Å². The Kier molecular flexibility index (Phi) is 4.05. The fraction of sp³-hybridized carbons (Fsp3) is 0.300. The molecule has 0 unspecified atom stereocenters. The Morgan fingerprint density at radius 1 is 1.29 bits per heavy atom. The van der Waals surface area contributed by atoms with Crippen LogP contribution in [0.2, 0.25) is 0 Å². The molecular weight excluding hydrogens is 264 g/mol. The van der Waals surface area contributed by atoms with Crippen molar-refractivity contribution in [3.63, 3.8) is 0 Å². The van der Waals surface area contributed by atoms with E-state index in [1.165, 1.54) is 0 Å². The fourth-order valence-corrected chi connectivity index (χ4v) is 1.17. The van der Waals surface area contributed by atoms with Crippen molar-refractivity contribution in [1.82, 2.24) is 0 Å². The van der Waals surface area contributed by atoms with Gasteiger partial charge >= 0.3 is 5.97 Å². The Bertz CT molecular complexity index is 421. The van der Waals surface area contributed by atoms with Crippen LogP contribution in [0.25, 0.3) is 0 Å². The van der Waals surface area contributed by atoms with Crippen molar-refractivity contribution in [3.05, 3.63) is 17.7 Å². The highest BCUT2D eigenvalue weighted by Crippen LogP contribution is 2.36. The van der Waals surface area contributed by atoms with Crippen molar-refractivity contribution in [2.45, 2.75) is 17.6 Å². The molecule has 5 nitrogen and oxygen atoms in total. The molecule has 94 valence electrons. The van der Waals surface area contributed by atoms with E-state index in [9.17, 15) is 15.0 Å². The molecule has 17 heavy (non-hydrogen) atoms. The fourth-order valence-electron chi connectivity index (χ4n) is 1.00. The SMILES string of the molecule is CCC(S)(S)OC(=O)c1cc(O)c(O)c(O)c1. The number of benzene rings is 1. The number of thiol groups is 2. The van der Waals surface area contributed by atoms with Crippen LogP contribution >= 0.6 is 25.3 Å². The highest BCUT2D eigenvalue weighted by atomic mass is 32.2. The summed E-state index contributed by atoms with van der Waals surface area (Å²) in [5, 5.41) is 27.6. The second kappa shape index (κ2) is 4.97. The lowest BCUT2D eigenvalue weighted by Gasteiger charge is -2.21. The molecule has 0 aromatic heterocycles. The molecule has 0 bridgehead atoms. The maximum absolute atomic E-state index is 11.6. The molecule has 0 radical (unpaired) electrons. The average Bonchev–Trinajstić information content (AvgIpc) is 2.24. The Morgan fingerprint density at radius 2 is 1.76 bits per heavy atom. The smallest absolute Gasteiger partial charge is 0.340 e. The minimum absolute atomic E-state index is 0.112. The van der Waals surface area contributed by atoms with Crippen molar-refractivity contribution >= 4 is 31.2 Å². The van der Waals surface area contributed by atoms with Gasteiger partial charge in [0.15, 0.2) is 21.5 Å². The first kappa shape index (κ1) is 13.9. The summed E-state index contributed by atoms with van der Waals surface area (Å²) in [5.41, 5.74) is -0.112. The molecule has 1 aromatic rings. The van der Waals surface area contributed by atoms with Crippen molar-refractivity contribution < 1.29 is 24.9 Å². The van der Waals surface area contributed by atoms with E-state index < -0.39 is 27.5 Å². The minimum atomic E-state index is -1.24. The van der Waals surface area contributed by atoms with Gasteiger partial charge in [0.05, 0.1) is 5.56 Å². The van der Waals surface area contributed by atoms with Crippen LogP contribution in [0.1, 0.15) is 23.7 Å². The number of esters is 1. The zero-order chi connectivity index (χ0) is 13.2. The molecule has 0 atom stereocenters. The number of phenols is 3. The lowest BCUT2D eigenvalue weighted by Crippen LogP contribution is -2.21. The summed E-state index contributed by atoms with van der Waals surface area (Å²) in [5.74, 6) is -2.74. The number of aromatic hydroxyl groups is 3. The number of carbonyl (C=O) groups excluding carboxylic acids is 1. The molecule has 3 N–H and O–H groups in total. The van der Waals surface area contributed by atoms with Crippen LogP contribution in [0.5, 0.6) is 17.2 Å². The largest absolute Gasteiger partial charge is 0.504 e. The van der Waals surface area contributed by atoms with E-state index in [4.69, 9.17) is 9.84 Å². The second-order valence-electron chi connectivity index (χ2n) is 3.35. The van der Waals surface area contributed by atoms with Gasteiger partial charge in [-0.05, 0) is 12.1 Å². The number of hydrogen-bond donors (Lipinski definition) is 5. The van der Waals surface area contributed by atoms with Gasteiger partial charge < -0.3 is 20.1 Å². The molecular formula is C10H12O5S2. The summed E-state index contributed by atoms with van der Waals surface area (Å²) in [7, 11) is 0. The summed E-state index contributed by atoms with van der Waals surface area (Å²) in [6.45, 7) is 1.72. The standard InChI is InChI=1S/C10H12O5S2/c1-2-10(16,17)15-9(14)5-3-6(11)8(13)7(12)4-5/h3-4,11-13,16-17H,2H2,1H3. The first-order valence-corrected chi connectivity index (χ1v) is 5.59. The molecule has 0 spiro atoms. The Hall–Kier alpha value is -1.21. The van der Waals surface area contributed by atoms with Crippen molar-refractivity contribution in [2.24, 2.45) is 0 Å². The van der Waals surface area contributed by atoms with Crippen LogP contribution in [-0.2, 0) is 4.74 Å². The third-order valence-electron chi connectivity index (χ3n) is 2.02. The van der Waals surface area contributed by atoms with E-state index in [2.05, 4.69) is 25.3 Å².